The topological polar surface area (TPSA) is 64.7 Å². The molecule has 0 aliphatic rings. The zero-order valence-electron chi connectivity index (χ0n) is 42.9. The Morgan fingerprint density at radius 2 is 0.620 bits per heavy atom. The Labute approximate surface area is 458 Å². The number of rotatable bonds is 11. The largest absolute Gasteiger partial charge is 0.436 e. The number of benzene rings is 10. The maximum absolute atomic E-state index is 6.11. The number of aromatic nitrogens is 4. The lowest BCUT2D eigenvalue weighted by molar-refractivity contribution is 0.646. The molecule has 4 heterocycles. The fourth-order valence-corrected chi connectivity index (χ4v) is 11.1. The SMILES string of the molecule is c1ccc(-c2ccc(-c3cc(-c4cc5c(nn4)oc4ccccc45)ccc3-c3ccccc3-c3cc(-c4ccccc4-c4ccc(-c5ccccn5)cc4)cc(-c4ccccc4-c4ccc(-c5ccccn5)cc4)c3)cc2)cc1. The summed E-state index contributed by atoms with van der Waals surface area (Å²) in [5.74, 6) is 0. The second-order valence-corrected chi connectivity index (χ2v) is 19.8. The van der Waals surface area contributed by atoms with Crippen LogP contribution in [0.15, 0.2) is 296 Å². The highest BCUT2D eigenvalue weighted by Crippen LogP contribution is 2.45. The van der Waals surface area contributed by atoms with E-state index < -0.39 is 0 Å². The molecule has 14 rings (SSSR count). The molecule has 0 saturated heterocycles. The van der Waals surface area contributed by atoms with Crippen molar-refractivity contribution >= 4 is 22.1 Å². The van der Waals surface area contributed by atoms with E-state index in [9.17, 15) is 0 Å². The van der Waals surface area contributed by atoms with Crippen molar-refractivity contribution in [2.45, 2.75) is 0 Å². The van der Waals surface area contributed by atoms with Gasteiger partial charge in [0.1, 0.15) is 5.58 Å². The maximum atomic E-state index is 6.11. The monoisotopic (exact) mass is 1010 g/mol. The summed E-state index contributed by atoms with van der Waals surface area (Å²) in [4.78, 5) is 9.26. The molecule has 0 aliphatic carbocycles. The van der Waals surface area contributed by atoms with E-state index in [2.05, 4.69) is 252 Å². The standard InChI is InChI=1S/C74H48N4O/c1-2-16-49(17-3-1)50-28-30-53(31-29-50)68-47-56(72-48-69-67-24-10-11-27-73(67)79-74(69)78-77-72)40-41-66(68)65-23-9-8-22-64(65)59-45-57(62-20-6-4-18-60(62)51-32-36-54(37-33-51)70-25-12-14-42-75-70)44-58(46-59)63-21-7-5-19-61(63)52-34-38-55(39-35-52)71-26-13-15-43-76-71/h1-48H. The van der Waals surface area contributed by atoms with Crippen LogP contribution in [-0.4, -0.2) is 20.2 Å². The van der Waals surface area contributed by atoms with Crippen LogP contribution in [0.25, 0.3) is 145 Å². The predicted octanol–water partition coefficient (Wildman–Crippen LogP) is 19.5. The van der Waals surface area contributed by atoms with Crippen LogP contribution in [0.1, 0.15) is 0 Å². The summed E-state index contributed by atoms with van der Waals surface area (Å²) in [6.07, 6.45) is 3.69. The van der Waals surface area contributed by atoms with Crippen molar-refractivity contribution in [1.82, 2.24) is 20.2 Å². The van der Waals surface area contributed by atoms with Gasteiger partial charge in [-0.05, 0) is 150 Å². The van der Waals surface area contributed by atoms with E-state index in [1.165, 1.54) is 5.56 Å². The van der Waals surface area contributed by atoms with Crippen LogP contribution in [-0.2, 0) is 0 Å². The molecule has 0 saturated carbocycles. The van der Waals surface area contributed by atoms with E-state index in [0.717, 1.165) is 134 Å². The van der Waals surface area contributed by atoms with Crippen molar-refractivity contribution < 1.29 is 4.42 Å². The van der Waals surface area contributed by atoms with Crippen molar-refractivity contribution in [3.63, 3.8) is 0 Å². The van der Waals surface area contributed by atoms with Gasteiger partial charge in [-0.1, -0.05) is 218 Å². The van der Waals surface area contributed by atoms with Gasteiger partial charge in [-0.25, -0.2) is 0 Å². The van der Waals surface area contributed by atoms with Crippen molar-refractivity contribution in [2.75, 3.05) is 0 Å². The van der Waals surface area contributed by atoms with Crippen LogP contribution >= 0.6 is 0 Å². The lowest BCUT2D eigenvalue weighted by Gasteiger charge is -2.19. The molecule has 0 spiro atoms. The van der Waals surface area contributed by atoms with Gasteiger partial charge in [-0.3, -0.25) is 9.97 Å². The Bertz CT molecular complexity index is 4350. The van der Waals surface area contributed by atoms with E-state index in [0.29, 0.717) is 5.71 Å². The van der Waals surface area contributed by atoms with Gasteiger partial charge in [-0.2, -0.15) is 0 Å². The molecule has 4 aromatic heterocycles. The first-order valence-electron chi connectivity index (χ1n) is 26.6. The number of pyridine rings is 2. The third-order valence-corrected chi connectivity index (χ3v) is 15.0. The molecule has 0 amide bonds. The molecule has 0 N–H and O–H groups in total. The Hall–Kier alpha value is -10.6. The number of hydrogen-bond donors (Lipinski definition) is 0. The maximum Gasteiger partial charge on any atom is 0.247 e. The van der Waals surface area contributed by atoms with E-state index in [1.54, 1.807) is 0 Å². The first kappa shape index (κ1) is 46.9. The summed E-state index contributed by atoms with van der Waals surface area (Å²) in [6, 6.07) is 99.4. The third-order valence-electron chi connectivity index (χ3n) is 15.0. The molecule has 14 aromatic rings. The van der Waals surface area contributed by atoms with Crippen molar-refractivity contribution in [2.24, 2.45) is 0 Å². The summed E-state index contributed by atoms with van der Waals surface area (Å²) in [5, 5.41) is 11.3. The first-order chi connectivity index (χ1) is 39.1. The fraction of sp³-hybridized carbons (Fsp3) is 0. The highest BCUT2D eigenvalue weighted by molar-refractivity contribution is 6.05. The molecule has 79 heavy (non-hydrogen) atoms. The van der Waals surface area contributed by atoms with Gasteiger partial charge in [0.15, 0.2) is 0 Å². The Morgan fingerprint density at radius 1 is 0.215 bits per heavy atom. The van der Waals surface area contributed by atoms with E-state index >= 15 is 0 Å². The average Bonchev–Trinajstić information content (AvgIpc) is 3.99. The fourth-order valence-electron chi connectivity index (χ4n) is 11.1. The van der Waals surface area contributed by atoms with E-state index in [1.807, 2.05) is 54.9 Å². The highest BCUT2D eigenvalue weighted by atomic mass is 16.3. The minimum Gasteiger partial charge on any atom is -0.436 e. The summed E-state index contributed by atoms with van der Waals surface area (Å²) in [5.41, 5.74) is 25.1. The van der Waals surface area contributed by atoms with Crippen LogP contribution in [0.4, 0.5) is 0 Å². The number of para-hydroxylation sites is 1. The Morgan fingerprint density at radius 3 is 1.16 bits per heavy atom. The summed E-state index contributed by atoms with van der Waals surface area (Å²) >= 11 is 0. The zero-order valence-corrected chi connectivity index (χ0v) is 42.9. The lowest BCUT2D eigenvalue weighted by atomic mass is 9.84. The minimum absolute atomic E-state index is 0.524. The van der Waals surface area contributed by atoms with Gasteiger partial charge < -0.3 is 4.42 Å². The van der Waals surface area contributed by atoms with Gasteiger partial charge in [-0.15, -0.1) is 10.2 Å². The smallest absolute Gasteiger partial charge is 0.247 e. The molecule has 0 atom stereocenters. The van der Waals surface area contributed by atoms with Crippen LogP contribution in [0.2, 0.25) is 0 Å². The van der Waals surface area contributed by atoms with Crippen LogP contribution < -0.4 is 0 Å². The van der Waals surface area contributed by atoms with Gasteiger partial charge in [0.2, 0.25) is 5.71 Å². The molecule has 370 valence electrons. The molecule has 10 aromatic carbocycles. The molecule has 0 bridgehead atoms. The van der Waals surface area contributed by atoms with Crippen molar-refractivity contribution in [1.29, 1.82) is 0 Å². The van der Waals surface area contributed by atoms with Crippen molar-refractivity contribution in [3.8, 4) is 123 Å². The van der Waals surface area contributed by atoms with E-state index in [-0.39, 0.29) is 0 Å². The molecule has 5 nitrogen and oxygen atoms in total. The zero-order chi connectivity index (χ0) is 52.5. The van der Waals surface area contributed by atoms with Crippen LogP contribution in [0.5, 0.6) is 0 Å². The second kappa shape index (κ2) is 20.5. The second-order valence-electron chi connectivity index (χ2n) is 19.8. The predicted molar refractivity (Wildman–Crippen MR) is 325 cm³/mol. The molecular formula is C74H48N4O. The number of nitrogens with zero attached hydrogens (tertiary/aromatic N) is 4. The normalized spacial score (nSPS) is 11.3. The molecule has 0 aliphatic heterocycles. The van der Waals surface area contributed by atoms with Gasteiger partial charge in [0.25, 0.3) is 0 Å². The molecule has 0 radical (unpaired) electrons. The van der Waals surface area contributed by atoms with Gasteiger partial charge in [0.05, 0.1) is 22.5 Å². The number of furan rings is 1. The first-order valence-corrected chi connectivity index (χ1v) is 26.6. The highest BCUT2D eigenvalue weighted by Gasteiger charge is 2.20. The van der Waals surface area contributed by atoms with Gasteiger partial charge in [0, 0.05) is 34.5 Å². The van der Waals surface area contributed by atoms with E-state index in [4.69, 9.17) is 9.52 Å². The minimum atomic E-state index is 0.524. The number of hydrogen-bond acceptors (Lipinski definition) is 5. The Balaban J connectivity index is 0.945. The summed E-state index contributed by atoms with van der Waals surface area (Å²) < 4.78 is 6.11. The third kappa shape index (κ3) is 9.15. The van der Waals surface area contributed by atoms with Crippen LogP contribution in [0.3, 0.4) is 0 Å². The molecule has 0 fully saturated rings. The number of fused-ring (bicyclic) bond motifs is 3. The average molecular weight is 1010 g/mol. The Kier molecular flexibility index (Phi) is 12.2. The molecule has 5 heteroatoms. The molecular weight excluding hydrogens is 961 g/mol. The lowest BCUT2D eigenvalue weighted by Crippen LogP contribution is -1.94. The summed E-state index contributed by atoms with van der Waals surface area (Å²) in [7, 11) is 0. The molecule has 0 unspecified atom stereocenters. The van der Waals surface area contributed by atoms with Crippen molar-refractivity contribution in [3.05, 3.63) is 291 Å². The summed E-state index contributed by atoms with van der Waals surface area (Å²) in [6.45, 7) is 0. The quantitative estimate of drug-likeness (QED) is 0.129. The van der Waals surface area contributed by atoms with Gasteiger partial charge >= 0.3 is 0 Å². The van der Waals surface area contributed by atoms with Crippen LogP contribution in [0, 0.1) is 0 Å².